The number of amides is 6. The molecule has 19 heteroatoms. The summed E-state index contributed by atoms with van der Waals surface area (Å²) in [6, 6.07) is 13.7. The molecule has 5 N–H and O–H groups in total. The molecule has 0 radical (unpaired) electrons. The molecule has 19 nitrogen and oxygen atoms in total. The van der Waals surface area contributed by atoms with Crippen molar-refractivity contribution in [2.24, 2.45) is 5.41 Å². The molecule has 7 rings (SSSR count). The summed E-state index contributed by atoms with van der Waals surface area (Å²) in [7, 11) is 2.05. The molecule has 65 heavy (non-hydrogen) atoms. The third kappa shape index (κ3) is 11.9. The Kier molecular flexibility index (Phi) is 15.5. The third-order valence-corrected chi connectivity index (χ3v) is 11.9. The zero-order valence-corrected chi connectivity index (χ0v) is 37.2. The summed E-state index contributed by atoms with van der Waals surface area (Å²) in [6.07, 6.45) is 7.13. The number of hydrogen-bond donors (Lipinski definition) is 5. The van der Waals surface area contributed by atoms with Crippen LogP contribution >= 0.6 is 0 Å². The van der Waals surface area contributed by atoms with Gasteiger partial charge in [0.25, 0.3) is 17.7 Å². The number of benzene rings is 2. The van der Waals surface area contributed by atoms with Crippen molar-refractivity contribution in [3.63, 3.8) is 0 Å². The third-order valence-electron chi connectivity index (χ3n) is 11.9. The molecule has 4 aromatic rings. The number of likely N-dealkylation sites (N-methyl/N-ethyl adjacent to an activating group) is 1. The van der Waals surface area contributed by atoms with Crippen LogP contribution in [-0.2, 0) is 41.4 Å². The summed E-state index contributed by atoms with van der Waals surface area (Å²) in [5, 5.41) is 22.9. The van der Waals surface area contributed by atoms with Gasteiger partial charge in [-0.3, -0.25) is 48.8 Å². The molecule has 346 valence electrons. The Morgan fingerprint density at radius 3 is 2.45 bits per heavy atom. The highest BCUT2D eigenvalue weighted by atomic mass is 16.5. The van der Waals surface area contributed by atoms with Gasteiger partial charge in [0.1, 0.15) is 6.04 Å². The summed E-state index contributed by atoms with van der Waals surface area (Å²) >= 11 is 0. The van der Waals surface area contributed by atoms with Crippen molar-refractivity contribution in [3.8, 4) is 0 Å². The SMILES string of the molecule is CN(CCOCCOCCOCCNC(=O)CNc1cccc2c1C(=O)N(C1CCC(=O)NC1=O)C2=O)CC[C@@H](c1ccccc1)n1cc(NC(=O)c2n[nH]c3c2CCC(C)(C)C3)cn1. The first-order valence-electron chi connectivity index (χ1n) is 22.1. The Labute approximate surface area is 377 Å². The number of aromatic nitrogens is 4. The van der Waals surface area contributed by atoms with Gasteiger partial charge in [0, 0.05) is 49.2 Å². The average molecular weight is 895 g/mol. The zero-order valence-electron chi connectivity index (χ0n) is 37.2. The van der Waals surface area contributed by atoms with Gasteiger partial charge in [0.2, 0.25) is 17.7 Å². The lowest BCUT2D eigenvalue weighted by atomic mass is 9.76. The average Bonchev–Trinajstić information content (AvgIpc) is 3.99. The Morgan fingerprint density at radius 1 is 0.923 bits per heavy atom. The molecule has 4 heterocycles. The minimum absolute atomic E-state index is 0.0237. The molecule has 0 saturated carbocycles. The fourth-order valence-electron chi connectivity index (χ4n) is 8.30. The lowest BCUT2D eigenvalue weighted by Crippen LogP contribution is -2.54. The summed E-state index contributed by atoms with van der Waals surface area (Å²) < 4.78 is 18.9. The van der Waals surface area contributed by atoms with Crippen LogP contribution < -0.4 is 21.3 Å². The molecule has 2 atom stereocenters. The molecule has 2 aromatic carbocycles. The number of carbonyl (C=O) groups excluding carboxylic acids is 6. The van der Waals surface area contributed by atoms with Crippen molar-refractivity contribution >= 4 is 46.8 Å². The van der Waals surface area contributed by atoms with Gasteiger partial charge in [-0.15, -0.1) is 0 Å². The molecule has 6 amide bonds. The van der Waals surface area contributed by atoms with Crippen LogP contribution in [0, 0.1) is 5.41 Å². The normalized spacial score (nSPS) is 17.2. The molecule has 1 fully saturated rings. The van der Waals surface area contributed by atoms with Gasteiger partial charge < -0.3 is 35.1 Å². The maximum atomic E-state index is 13.3. The van der Waals surface area contributed by atoms with E-state index in [1.54, 1.807) is 18.3 Å². The molecule has 0 bridgehead atoms. The van der Waals surface area contributed by atoms with Crippen molar-refractivity contribution in [2.45, 2.75) is 64.5 Å². The predicted molar refractivity (Wildman–Crippen MR) is 238 cm³/mol. The minimum Gasteiger partial charge on any atom is -0.378 e. The Balaban J connectivity index is 0.734. The number of H-pyrrole nitrogens is 1. The van der Waals surface area contributed by atoms with Crippen LogP contribution in [0.15, 0.2) is 60.9 Å². The van der Waals surface area contributed by atoms with E-state index in [0.717, 1.165) is 60.5 Å². The minimum atomic E-state index is -1.08. The van der Waals surface area contributed by atoms with E-state index in [1.807, 2.05) is 29.1 Å². The first-order chi connectivity index (χ1) is 31.4. The smallest absolute Gasteiger partial charge is 0.276 e. The Hall–Kier alpha value is -6.28. The molecular formula is C46H58N10O9. The van der Waals surface area contributed by atoms with E-state index in [0.29, 0.717) is 50.1 Å². The van der Waals surface area contributed by atoms with Crippen LogP contribution in [-0.4, -0.2) is 144 Å². The Morgan fingerprint density at radius 2 is 1.68 bits per heavy atom. The molecule has 1 saturated heterocycles. The molecule has 0 spiro atoms. The van der Waals surface area contributed by atoms with Gasteiger partial charge in [-0.1, -0.05) is 50.2 Å². The van der Waals surface area contributed by atoms with Gasteiger partial charge in [-0.05, 0) is 62.3 Å². The van der Waals surface area contributed by atoms with E-state index in [2.05, 4.69) is 74.5 Å². The van der Waals surface area contributed by atoms with Gasteiger partial charge in [0.05, 0.1) is 75.2 Å². The maximum Gasteiger partial charge on any atom is 0.276 e. The van der Waals surface area contributed by atoms with E-state index in [9.17, 15) is 28.8 Å². The van der Waals surface area contributed by atoms with Crippen LogP contribution in [0.2, 0.25) is 0 Å². The second-order valence-electron chi connectivity index (χ2n) is 17.3. The predicted octanol–water partition coefficient (Wildman–Crippen LogP) is 2.96. The molecule has 3 aliphatic rings. The van der Waals surface area contributed by atoms with Gasteiger partial charge in [-0.25, -0.2) is 0 Å². The fourth-order valence-corrected chi connectivity index (χ4v) is 8.30. The highest BCUT2D eigenvalue weighted by molar-refractivity contribution is 6.25. The Bertz CT molecular complexity index is 2350. The standard InChI is InChI=1S/C46H58N10O9/c1-46(2)16-14-32-35(26-46)52-53-41(32)43(60)50-31-27-49-55(29-31)36(30-8-5-4-6-9-30)15-18-54(3)19-21-64-23-25-65-24-22-63-20-17-47-39(58)28-48-34-11-7-10-33-40(34)45(62)56(44(33)61)37-12-13-38(57)51-42(37)59/h4-11,27,29,36-37,48H,12-26,28H2,1-3H3,(H,47,58)(H,50,60)(H,52,53)(H,51,57,59)/t36-,37?/m0/s1. The molecule has 2 aliphatic heterocycles. The number of rotatable bonds is 23. The number of aromatic amines is 1. The first-order valence-corrected chi connectivity index (χ1v) is 22.1. The molecule has 2 aromatic heterocycles. The van der Waals surface area contributed by atoms with Crippen LogP contribution in [0.4, 0.5) is 11.4 Å². The van der Waals surface area contributed by atoms with Crippen LogP contribution in [0.25, 0.3) is 0 Å². The second kappa shape index (κ2) is 21.6. The fraction of sp³-hybridized carbons (Fsp3) is 0.478. The summed E-state index contributed by atoms with van der Waals surface area (Å²) in [6.45, 7) is 8.43. The number of ether oxygens (including phenoxy) is 3. The zero-order chi connectivity index (χ0) is 45.9. The molecular weight excluding hydrogens is 837 g/mol. The first kappa shape index (κ1) is 46.7. The number of nitrogens with zero attached hydrogens (tertiary/aromatic N) is 5. The highest BCUT2D eigenvalue weighted by Crippen LogP contribution is 2.35. The van der Waals surface area contributed by atoms with Crippen molar-refractivity contribution in [1.29, 1.82) is 0 Å². The number of imide groups is 2. The summed E-state index contributed by atoms with van der Waals surface area (Å²) in [5.74, 6) is -2.99. The van der Waals surface area contributed by atoms with E-state index in [4.69, 9.17) is 14.2 Å². The van der Waals surface area contributed by atoms with Gasteiger partial charge >= 0.3 is 0 Å². The monoisotopic (exact) mass is 894 g/mol. The van der Waals surface area contributed by atoms with E-state index >= 15 is 0 Å². The maximum absolute atomic E-state index is 13.3. The lowest BCUT2D eigenvalue weighted by molar-refractivity contribution is -0.136. The number of hydrogen-bond acceptors (Lipinski definition) is 13. The largest absolute Gasteiger partial charge is 0.378 e. The summed E-state index contributed by atoms with van der Waals surface area (Å²) in [5.41, 5.74) is 4.93. The van der Waals surface area contributed by atoms with Crippen LogP contribution in [0.3, 0.4) is 0 Å². The second-order valence-corrected chi connectivity index (χ2v) is 17.3. The molecule has 1 unspecified atom stereocenters. The van der Waals surface area contributed by atoms with Crippen molar-refractivity contribution in [1.82, 2.24) is 40.4 Å². The van der Waals surface area contributed by atoms with Gasteiger partial charge in [-0.2, -0.15) is 10.2 Å². The van der Waals surface area contributed by atoms with E-state index in [1.165, 1.54) is 6.07 Å². The van der Waals surface area contributed by atoms with Crippen molar-refractivity contribution < 1.29 is 43.0 Å². The lowest BCUT2D eigenvalue weighted by Gasteiger charge is -2.28. The van der Waals surface area contributed by atoms with Gasteiger partial charge in [0.15, 0.2) is 5.69 Å². The van der Waals surface area contributed by atoms with Crippen molar-refractivity contribution in [2.75, 3.05) is 83.5 Å². The highest BCUT2D eigenvalue weighted by Gasteiger charge is 2.45. The number of piperidine rings is 1. The topological polar surface area (TPSA) is 231 Å². The van der Waals surface area contributed by atoms with E-state index in [-0.39, 0.29) is 66.9 Å². The summed E-state index contributed by atoms with van der Waals surface area (Å²) in [4.78, 5) is 79.1. The molecule has 1 aliphatic carbocycles. The van der Waals surface area contributed by atoms with Crippen molar-refractivity contribution in [3.05, 3.63) is 94.6 Å². The number of nitrogens with one attached hydrogen (secondary N) is 5. The van der Waals surface area contributed by atoms with E-state index < -0.39 is 29.7 Å². The number of fused-ring (bicyclic) bond motifs is 2. The number of carbonyl (C=O) groups is 6. The quantitative estimate of drug-likeness (QED) is 0.0534. The number of anilines is 2. The van der Waals surface area contributed by atoms with Crippen LogP contribution in [0.1, 0.15) is 93.6 Å². The van der Waals surface area contributed by atoms with Crippen LogP contribution in [0.5, 0.6) is 0 Å².